The summed E-state index contributed by atoms with van der Waals surface area (Å²) in [6.45, 7) is 8.65. The molecule has 0 radical (unpaired) electrons. The molecule has 3 aliphatic rings. The van der Waals surface area contributed by atoms with E-state index in [0.717, 1.165) is 0 Å². The lowest BCUT2D eigenvalue weighted by Gasteiger charge is -2.34. The normalized spacial score (nSPS) is 31.4. The zero-order valence-electron chi connectivity index (χ0n) is 25.2. The summed E-state index contributed by atoms with van der Waals surface area (Å²) in [4.78, 5) is 49.2. The molecule has 1 saturated heterocycles. The Hall–Kier alpha value is -3.61. The second-order valence-electron chi connectivity index (χ2n) is 12.9. The van der Waals surface area contributed by atoms with Crippen LogP contribution >= 0.6 is 0 Å². The zero-order valence-corrected chi connectivity index (χ0v) is 25.2. The first kappa shape index (κ1) is 30.8. The number of rotatable bonds is 2. The van der Waals surface area contributed by atoms with Gasteiger partial charge in [-0.3, -0.25) is 4.79 Å². The van der Waals surface area contributed by atoms with Gasteiger partial charge >= 0.3 is 6.09 Å². The molecule has 1 aromatic carbocycles. The Balaban J connectivity index is 1.56. The molecule has 2 aromatic rings. The second kappa shape index (κ2) is 11.1. The van der Waals surface area contributed by atoms with Gasteiger partial charge in [-0.2, -0.15) is 8.78 Å². The van der Waals surface area contributed by atoms with Gasteiger partial charge in [-0.05, 0) is 30.9 Å². The predicted octanol–water partition coefficient (Wildman–Crippen LogP) is 4.01. The molecule has 1 saturated carbocycles. The van der Waals surface area contributed by atoms with Crippen LogP contribution in [-0.2, 0) is 25.0 Å². The van der Waals surface area contributed by atoms with E-state index in [-0.39, 0.29) is 36.5 Å². The van der Waals surface area contributed by atoms with Crippen LogP contribution in [0.1, 0.15) is 59.6 Å². The molecule has 234 valence electrons. The third-order valence-corrected chi connectivity index (χ3v) is 8.50. The fourth-order valence-corrected chi connectivity index (χ4v) is 5.64. The number of benzene rings is 1. The van der Waals surface area contributed by atoms with E-state index in [1.54, 1.807) is 52.8 Å². The Morgan fingerprint density at radius 2 is 1.93 bits per heavy atom. The molecule has 11 nitrogen and oxygen atoms in total. The van der Waals surface area contributed by atoms with Crippen molar-refractivity contribution < 1.29 is 42.1 Å². The summed E-state index contributed by atoms with van der Waals surface area (Å²) < 4.78 is 54.4. The van der Waals surface area contributed by atoms with Crippen molar-refractivity contribution >= 4 is 29.3 Å². The van der Waals surface area contributed by atoms with Gasteiger partial charge in [0.1, 0.15) is 35.9 Å². The fraction of sp³-hybridized carbons (Fsp3) is 0.633. The number of aldehydes is 1. The van der Waals surface area contributed by atoms with Crippen molar-refractivity contribution in [2.75, 3.05) is 20.3 Å². The van der Waals surface area contributed by atoms with Crippen LogP contribution in [0.4, 0.5) is 13.6 Å². The summed E-state index contributed by atoms with van der Waals surface area (Å²) in [6.07, 6.45) is -1.72. The van der Waals surface area contributed by atoms with Crippen LogP contribution in [0, 0.1) is 11.3 Å². The number of aromatic nitrogens is 2. The summed E-state index contributed by atoms with van der Waals surface area (Å²) in [5.41, 5.74) is -1.82. The summed E-state index contributed by atoms with van der Waals surface area (Å²) in [7, 11) is 1.48. The van der Waals surface area contributed by atoms with E-state index in [1.807, 2.05) is 0 Å². The van der Waals surface area contributed by atoms with Crippen molar-refractivity contribution in [2.24, 2.45) is 11.3 Å². The standard InChI is InChI=1S/C30H38F2N4O7/c1-16-20(15-37)36-14-21(16)42-25-23(33-18-9-8-17(40-6)12-19(18)34-25)30(31,32)10-7-11-41-22-13-29(22,5)43-27(39)35-24(26(36)38)28(2,3)4/h8-9,12,15-16,20-22,24H,7,10-11,13-14H2,1-6H3,(H,35,39)/t16-,20+,21-,22+,24+,29+/m0/s1. The third kappa shape index (κ3) is 6.09. The molecule has 2 amide bonds. The monoisotopic (exact) mass is 604 g/mol. The number of carbonyl (C=O) groups is 3. The zero-order chi connectivity index (χ0) is 31.3. The van der Waals surface area contributed by atoms with Crippen molar-refractivity contribution in [3.8, 4) is 11.6 Å². The highest BCUT2D eigenvalue weighted by molar-refractivity contribution is 5.89. The van der Waals surface area contributed by atoms with Crippen molar-refractivity contribution in [3.05, 3.63) is 23.9 Å². The fourth-order valence-electron chi connectivity index (χ4n) is 5.64. The lowest BCUT2D eigenvalue weighted by Crippen LogP contribution is -2.56. The summed E-state index contributed by atoms with van der Waals surface area (Å²) >= 11 is 0. The molecule has 0 spiro atoms. The van der Waals surface area contributed by atoms with Crippen LogP contribution in [0.3, 0.4) is 0 Å². The number of hydrogen-bond acceptors (Lipinski definition) is 9. The summed E-state index contributed by atoms with van der Waals surface area (Å²) in [6, 6.07) is 2.73. The first-order chi connectivity index (χ1) is 20.2. The minimum Gasteiger partial charge on any atom is -0.497 e. The Kier molecular flexibility index (Phi) is 7.99. The Morgan fingerprint density at radius 3 is 2.60 bits per heavy atom. The van der Waals surface area contributed by atoms with Gasteiger partial charge in [0.25, 0.3) is 5.92 Å². The Labute approximate surface area is 248 Å². The van der Waals surface area contributed by atoms with Crippen LogP contribution in [-0.4, -0.2) is 83.3 Å². The number of halogens is 2. The molecule has 1 aliphatic carbocycles. The number of carbonyl (C=O) groups excluding carboxylic acids is 3. The predicted molar refractivity (Wildman–Crippen MR) is 150 cm³/mol. The highest BCUT2D eigenvalue weighted by Gasteiger charge is 2.56. The van der Waals surface area contributed by atoms with Gasteiger partial charge in [-0.1, -0.05) is 27.7 Å². The molecule has 6 atom stereocenters. The van der Waals surface area contributed by atoms with Gasteiger partial charge < -0.3 is 34.0 Å². The van der Waals surface area contributed by atoms with Crippen LogP contribution in [0.2, 0.25) is 0 Å². The number of hydrogen-bond donors (Lipinski definition) is 1. The maximum atomic E-state index is 15.8. The van der Waals surface area contributed by atoms with E-state index in [4.69, 9.17) is 18.9 Å². The lowest BCUT2D eigenvalue weighted by atomic mass is 9.85. The molecule has 5 rings (SSSR count). The van der Waals surface area contributed by atoms with Crippen molar-refractivity contribution in [3.63, 3.8) is 0 Å². The molecule has 2 fully saturated rings. The van der Waals surface area contributed by atoms with Gasteiger partial charge in [0.2, 0.25) is 11.8 Å². The molecule has 0 unspecified atom stereocenters. The highest BCUT2D eigenvalue weighted by atomic mass is 19.3. The van der Waals surface area contributed by atoms with Crippen LogP contribution in [0.5, 0.6) is 11.6 Å². The van der Waals surface area contributed by atoms with Crippen molar-refractivity contribution in [1.29, 1.82) is 0 Å². The number of nitrogens with one attached hydrogen (secondary N) is 1. The van der Waals surface area contributed by atoms with E-state index >= 15 is 8.78 Å². The Morgan fingerprint density at radius 1 is 1.19 bits per heavy atom. The van der Waals surface area contributed by atoms with Gasteiger partial charge in [0.05, 0.1) is 30.7 Å². The van der Waals surface area contributed by atoms with Crippen LogP contribution in [0.15, 0.2) is 18.2 Å². The average Bonchev–Trinajstić information content (AvgIpc) is 3.46. The minimum absolute atomic E-state index is 0.00499. The summed E-state index contributed by atoms with van der Waals surface area (Å²) in [5, 5.41) is 2.69. The number of alkyl halides is 2. The number of amides is 2. The molecule has 3 heterocycles. The van der Waals surface area contributed by atoms with Gasteiger partial charge in [-0.25, -0.2) is 14.8 Å². The van der Waals surface area contributed by atoms with E-state index < -0.39 is 71.3 Å². The topological polar surface area (TPSA) is 129 Å². The molecule has 1 aromatic heterocycles. The first-order valence-corrected chi connectivity index (χ1v) is 14.4. The second-order valence-corrected chi connectivity index (χ2v) is 12.9. The van der Waals surface area contributed by atoms with Gasteiger partial charge in [0.15, 0.2) is 5.69 Å². The molecule has 1 N–H and O–H groups in total. The maximum absolute atomic E-state index is 15.8. The molecule has 13 heteroatoms. The number of ether oxygens (including phenoxy) is 4. The van der Waals surface area contributed by atoms with Crippen LogP contribution in [0.25, 0.3) is 11.0 Å². The number of fused-ring (bicyclic) bond motifs is 5. The Bertz CT molecular complexity index is 1420. The van der Waals surface area contributed by atoms with E-state index in [9.17, 15) is 14.4 Å². The number of nitrogens with zero attached hydrogens (tertiary/aromatic N) is 3. The van der Waals surface area contributed by atoms with Crippen LogP contribution < -0.4 is 14.8 Å². The van der Waals surface area contributed by atoms with Crippen molar-refractivity contribution in [1.82, 2.24) is 20.2 Å². The third-order valence-electron chi connectivity index (χ3n) is 8.50. The molecule has 2 bridgehead atoms. The SMILES string of the molecule is COc1ccc2nc3c(nc2c1)O[C@H]1CN(C(=O)[C@H](C(C)(C)C)NC(=O)O[C@]2(C)C[C@H]2OCCCC3(F)F)[C@H](C=O)[C@@H]1C. The molecular weight excluding hydrogens is 566 g/mol. The first-order valence-electron chi connectivity index (χ1n) is 14.4. The smallest absolute Gasteiger partial charge is 0.408 e. The maximum Gasteiger partial charge on any atom is 0.408 e. The van der Waals surface area contributed by atoms with E-state index in [0.29, 0.717) is 18.5 Å². The summed E-state index contributed by atoms with van der Waals surface area (Å²) in [5.74, 6) is -4.46. The minimum atomic E-state index is -3.44. The van der Waals surface area contributed by atoms with Gasteiger partial charge in [0, 0.05) is 31.4 Å². The average molecular weight is 605 g/mol. The molecular formula is C30H38F2N4O7. The largest absolute Gasteiger partial charge is 0.497 e. The number of alkyl carbamates (subject to hydrolysis) is 1. The molecule has 43 heavy (non-hydrogen) atoms. The quantitative estimate of drug-likeness (QED) is 0.506. The van der Waals surface area contributed by atoms with Gasteiger partial charge in [-0.15, -0.1) is 0 Å². The van der Waals surface area contributed by atoms with E-state index in [2.05, 4.69) is 15.3 Å². The number of methoxy groups -OCH3 is 1. The van der Waals surface area contributed by atoms with Crippen molar-refractivity contribution in [2.45, 2.75) is 89.7 Å². The highest BCUT2D eigenvalue weighted by Crippen LogP contribution is 2.44. The van der Waals surface area contributed by atoms with E-state index in [1.165, 1.54) is 12.0 Å². The lowest BCUT2D eigenvalue weighted by molar-refractivity contribution is -0.139. The molecule has 2 aliphatic heterocycles.